The summed E-state index contributed by atoms with van der Waals surface area (Å²) in [6.07, 6.45) is 6.68. The Bertz CT molecular complexity index is 625. The minimum Gasteiger partial charge on any atom is -0.493 e. The van der Waals surface area contributed by atoms with Crippen LogP contribution in [-0.2, 0) is 6.54 Å². The van der Waals surface area contributed by atoms with E-state index in [1.807, 2.05) is 12.1 Å². The first-order valence-corrected chi connectivity index (χ1v) is 9.85. The molecule has 1 fully saturated rings. The molecule has 2 N–H and O–H groups in total. The molecule has 0 bridgehead atoms. The van der Waals surface area contributed by atoms with Gasteiger partial charge in [0, 0.05) is 25.7 Å². The molecule has 1 aromatic carbocycles. The molecular weight excluding hydrogens is 469 g/mol. The van der Waals surface area contributed by atoms with Gasteiger partial charge in [0.1, 0.15) is 0 Å². The van der Waals surface area contributed by atoms with Gasteiger partial charge in [0.2, 0.25) is 5.75 Å². The predicted molar refractivity (Wildman–Crippen MR) is 125 cm³/mol. The molecule has 1 aromatic rings. The second-order valence-electron chi connectivity index (χ2n) is 7.27. The number of methoxy groups -OCH3 is 3. The van der Waals surface area contributed by atoms with Crippen molar-refractivity contribution in [3.05, 3.63) is 17.7 Å². The van der Waals surface area contributed by atoms with Crippen LogP contribution in [0.2, 0.25) is 0 Å². The van der Waals surface area contributed by atoms with E-state index in [-0.39, 0.29) is 24.0 Å². The number of rotatable bonds is 8. The number of nitrogens with zero attached hydrogens (tertiary/aromatic N) is 1. The van der Waals surface area contributed by atoms with Crippen molar-refractivity contribution in [1.29, 1.82) is 0 Å². The first kappa shape index (κ1) is 24.7. The Morgan fingerprint density at radius 1 is 1.07 bits per heavy atom. The Hall–Kier alpha value is -1.38. The molecule has 0 aromatic heterocycles. The molecule has 28 heavy (non-hydrogen) atoms. The van der Waals surface area contributed by atoms with Crippen LogP contribution in [0.5, 0.6) is 17.2 Å². The summed E-state index contributed by atoms with van der Waals surface area (Å²) in [7, 11) is 6.67. The summed E-state index contributed by atoms with van der Waals surface area (Å²) in [5.41, 5.74) is 0.985. The monoisotopic (exact) mass is 505 g/mol. The van der Waals surface area contributed by atoms with Crippen molar-refractivity contribution in [3.8, 4) is 17.2 Å². The highest BCUT2D eigenvalue weighted by Gasteiger charge is 2.19. The fraction of sp³-hybridized carbons (Fsp3) is 0.667. The van der Waals surface area contributed by atoms with Crippen LogP contribution in [0.15, 0.2) is 17.1 Å². The van der Waals surface area contributed by atoms with Gasteiger partial charge >= 0.3 is 0 Å². The topological polar surface area (TPSA) is 64.1 Å². The zero-order valence-corrected chi connectivity index (χ0v) is 20.2. The summed E-state index contributed by atoms with van der Waals surface area (Å²) in [5, 5.41) is 6.79. The summed E-state index contributed by atoms with van der Waals surface area (Å²) in [5.74, 6) is 4.45. The van der Waals surface area contributed by atoms with Gasteiger partial charge in [-0.25, -0.2) is 0 Å². The highest BCUT2D eigenvalue weighted by atomic mass is 127. The number of hydrogen-bond donors (Lipinski definition) is 2. The van der Waals surface area contributed by atoms with Gasteiger partial charge in [-0.05, 0) is 36.8 Å². The zero-order chi connectivity index (χ0) is 19.6. The van der Waals surface area contributed by atoms with Crippen LogP contribution in [-0.4, -0.2) is 40.9 Å². The van der Waals surface area contributed by atoms with Crippen molar-refractivity contribution in [1.82, 2.24) is 10.6 Å². The van der Waals surface area contributed by atoms with E-state index in [2.05, 4.69) is 22.5 Å². The molecule has 1 aliphatic carbocycles. The summed E-state index contributed by atoms with van der Waals surface area (Å²) in [4.78, 5) is 4.33. The van der Waals surface area contributed by atoms with Crippen LogP contribution < -0.4 is 24.8 Å². The Labute approximate surface area is 186 Å². The number of guanidine groups is 1. The molecule has 160 valence electrons. The van der Waals surface area contributed by atoms with Crippen LogP contribution in [0, 0.1) is 11.8 Å². The number of aliphatic imine (C=N–C) groups is 1. The highest BCUT2D eigenvalue weighted by Crippen LogP contribution is 2.39. The molecule has 7 heteroatoms. The first-order valence-electron chi connectivity index (χ1n) is 9.85. The predicted octanol–water partition coefficient (Wildman–Crippen LogP) is 4.21. The third-order valence-electron chi connectivity index (χ3n) is 5.35. The molecular formula is C21H36IN3O3. The van der Waals surface area contributed by atoms with Crippen molar-refractivity contribution in [2.75, 3.05) is 34.9 Å². The standard InChI is InChI=1S/C21H35N3O3.HI/c1-15-7-6-8-16(13-15)11-12-23-21(22-2)24-14-17-9-10-18(25-3)20(27-5)19(17)26-4;/h9-10,15-16H,6-8,11-14H2,1-5H3,(H2,22,23,24);1H. The molecule has 2 unspecified atom stereocenters. The molecule has 0 saturated heterocycles. The minimum absolute atomic E-state index is 0. The molecule has 1 saturated carbocycles. The van der Waals surface area contributed by atoms with Crippen molar-refractivity contribution in [2.24, 2.45) is 16.8 Å². The molecule has 0 spiro atoms. The molecule has 0 aliphatic heterocycles. The fourth-order valence-electron chi connectivity index (χ4n) is 3.92. The maximum atomic E-state index is 5.54. The van der Waals surface area contributed by atoms with E-state index in [1.165, 1.54) is 32.1 Å². The third-order valence-corrected chi connectivity index (χ3v) is 5.35. The third kappa shape index (κ3) is 6.90. The number of hydrogen-bond acceptors (Lipinski definition) is 4. The van der Waals surface area contributed by atoms with Crippen LogP contribution in [0.3, 0.4) is 0 Å². The van der Waals surface area contributed by atoms with Crippen LogP contribution in [0.25, 0.3) is 0 Å². The molecule has 0 amide bonds. The first-order chi connectivity index (χ1) is 13.1. The van der Waals surface area contributed by atoms with Gasteiger partial charge in [0.15, 0.2) is 17.5 Å². The summed E-state index contributed by atoms with van der Waals surface area (Å²) < 4.78 is 16.3. The normalized spacial score (nSPS) is 19.4. The minimum atomic E-state index is 0. The van der Waals surface area contributed by atoms with E-state index >= 15 is 0 Å². The number of halogens is 1. The van der Waals surface area contributed by atoms with Gasteiger partial charge in [-0.15, -0.1) is 24.0 Å². The van der Waals surface area contributed by atoms with Gasteiger partial charge in [0.25, 0.3) is 0 Å². The molecule has 6 nitrogen and oxygen atoms in total. The molecule has 0 heterocycles. The maximum absolute atomic E-state index is 5.54. The fourth-order valence-corrected chi connectivity index (χ4v) is 3.92. The van der Waals surface area contributed by atoms with Gasteiger partial charge in [-0.2, -0.15) is 0 Å². The Morgan fingerprint density at radius 3 is 2.43 bits per heavy atom. The Morgan fingerprint density at radius 2 is 1.82 bits per heavy atom. The van der Waals surface area contributed by atoms with Crippen LogP contribution in [0.4, 0.5) is 0 Å². The quantitative estimate of drug-likeness (QED) is 0.315. The smallest absolute Gasteiger partial charge is 0.203 e. The Kier molecular flexibility index (Phi) is 11.4. The average molecular weight is 505 g/mol. The molecule has 0 radical (unpaired) electrons. The lowest BCUT2D eigenvalue weighted by atomic mass is 9.81. The van der Waals surface area contributed by atoms with E-state index in [1.54, 1.807) is 28.4 Å². The van der Waals surface area contributed by atoms with Crippen molar-refractivity contribution >= 4 is 29.9 Å². The number of ether oxygens (including phenoxy) is 3. The van der Waals surface area contributed by atoms with Gasteiger partial charge < -0.3 is 24.8 Å². The molecule has 1 aliphatic rings. The van der Waals surface area contributed by atoms with Crippen LogP contribution in [0.1, 0.15) is 44.6 Å². The van der Waals surface area contributed by atoms with Gasteiger partial charge in [-0.3, -0.25) is 4.99 Å². The van der Waals surface area contributed by atoms with Crippen LogP contribution >= 0.6 is 24.0 Å². The number of nitrogens with one attached hydrogen (secondary N) is 2. The second kappa shape index (κ2) is 13.0. The SMILES string of the molecule is CN=C(NCCC1CCCC(C)C1)NCc1ccc(OC)c(OC)c1OC.I. The van der Waals surface area contributed by atoms with E-state index < -0.39 is 0 Å². The average Bonchev–Trinajstić information content (AvgIpc) is 2.69. The highest BCUT2D eigenvalue weighted by molar-refractivity contribution is 14.0. The van der Waals surface area contributed by atoms with Gasteiger partial charge in [-0.1, -0.05) is 26.2 Å². The van der Waals surface area contributed by atoms with E-state index in [4.69, 9.17) is 14.2 Å². The Balaban J connectivity index is 0.00000392. The molecule has 2 rings (SSSR count). The van der Waals surface area contributed by atoms with E-state index in [0.29, 0.717) is 23.8 Å². The summed E-state index contributed by atoms with van der Waals surface area (Å²) in [6, 6.07) is 3.86. The summed E-state index contributed by atoms with van der Waals surface area (Å²) >= 11 is 0. The largest absolute Gasteiger partial charge is 0.493 e. The zero-order valence-electron chi connectivity index (χ0n) is 17.8. The van der Waals surface area contributed by atoms with Crippen molar-refractivity contribution in [3.63, 3.8) is 0 Å². The van der Waals surface area contributed by atoms with Crippen molar-refractivity contribution < 1.29 is 14.2 Å². The molecule has 2 atom stereocenters. The lowest BCUT2D eigenvalue weighted by Crippen LogP contribution is -2.38. The number of benzene rings is 1. The lowest BCUT2D eigenvalue weighted by Gasteiger charge is -2.26. The maximum Gasteiger partial charge on any atom is 0.203 e. The van der Waals surface area contributed by atoms with Crippen molar-refractivity contribution in [2.45, 2.75) is 45.6 Å². The lowest BCUT2D eigenvalue weighted by molar-refractivity contribution is 0.270. The second-order valence-corrected chi connectivity index (χ2v) is 7.27. The van der Waals surface area contributed by atoms with E-state index in [0.717, 1.165) is 29.9 Å². The van der Waals surface area contributed by atoms with E-state index in [9.17, 15) is 0 Å². The van der Waals surface area contributed by atoms with Gasteiger partial charge in [0.05, 0.1) is 21.3 Å². The summed E-state index contributed by atoms with van der Waals surface area (Å²) in [6.45, 7) is 3.90.